The van der Waals surface area contributed by atoms with Gasteiger partial charge in [0.25, 0.3) is 5.91 Å². The lowest BCUT2D eigenvalue weighted by molar-refractivity contribution is 0.0696. The third kappa shape index (κ3) is 3.74. The highest BCUT2D eigenvalue weighted by Gasteiger charge is 2.22. The number of carboxylic acid groups (broad SMARTS) is 1. The summed E-state index contributed by atoms with van der Waals surface area (Å²) in [5, 5.41) is 28.9. The summed E-state index contributed by atoms with van der Waals surface area (Å²) in [6.45, 7) is 1.65. The van der Waals surface area contributed by atoms with Crippen LogP contribution in [0, 0.1) is 6.92 Å². The average Bonchev–Trinajstić information content (AvgIpc) is 2.62. The van der Waals surface area contributed by atoms with E-state index in [0.717, 1.165) is 0 Å². The van der Waals surface area contributed by atoms with Crippen LogP contribution in [-0.4, -0.2) is 27.2 Å². The molecule has 0 spiro atoms. The Morgan fingerprint density at radius 2 is 1.37 bits per heavy atom. The Kier molecular flexibility index (Phi) is 4.81. The zero-order chi connectivity index (χ0) is 19.6. The van der Waals surface area contributed by atoms with Crippen LogP contribution in [0.1, 0.15) is 26.3 Å². The van der Waals surface area contributed by atoms with Crippen LogP contribution in [0.3, 0.4) is 0 Å². The van der Waals surface area contributed by atoms with Crippen molar-refractivity contribution in [3.8, 4) is 11.5 Å². The minimum Gasteiger partial charge on any atom is -0.508 e. The van der Waals surface area contributed by atoms with Crippen molar-refractivity contribution in [1.82, 2.24) is 0 Å². The third-order valence-electron chi connectivity index (χ3n) is 4.09. The molecule has 3 N–H and O–H groups in total. The zero-order valence-corrected chi connectivity index (χ0v) is 14.5. The van der Waals surface area contributed by atoms with Gasteiger partial charge in [0.05, 0.1) is 16.9 Å². The van der Waals surface area contributed by atoms with Crippen LogP contribution >= 0.6 is 0 Å². The lowest BCUT2D eigenvalue weighted by Crippen LogP contribution is -2.26. The van der Waals surface area contributed by atoms with Gasteiger partial charge in [-0.05, 0) is 48.9 Å². The number of nitrogens with zero attached hydrogens (tertiary/aromatic N) is 1. The van der Waals surface area contributed by atoms with Crippen molar-refractivity contribution < 1.29 is 24.9 Å². The van der Waals surface area contributed by atoms with E-state index in [1.807, 2.05) is 0 Å². The van der Waals surface area contributed by atoms with Crippen molar-refractivity contribution in [3.63, 3.8) is 0 Å². The monoisotopic (exact) mass is 363 g/mol. The van der Waals surface area contributed by atoms with Crippen molar-refractivity contribution in [3.05, 3.63) is 83.4 Å². The maximum Gasteiger partial charge on any atom is 0.335 e. The van der Waals surface area contributed by atoms with Crippen molar-refractivity contribution in [2.75, 3.05) is 4.90 Å². The van der Waals surface area contributed by atoms with Crippen LogP contribution < -0.4 is 4.90 Å². The molecule has 3 aromatic carbocycles. The highest BCUT2D eigenvalue weighted by atomic mass is 16.4. The maximum atomic E-state index is 13.2. The van der Waals surface area contributed by atoms with Gasteiger partial charge in [-0.25, -0.2) is 4.79 Å². The number of aryl methyl sites for hydroxylation is 1. The summed E-state index contributed by atoms with van der Waals surface area (Å²) >= 11 is 0. The van der Waals surface area contributed by atoms with Gasteiger partial charge in [-0.1, -0.05) is 18.2 Å². The molecule has 0 fully saturated rings. The van der Waals surface area contributed by atoms with Gasteiger partial charge >= 0.3 is 5.97 Å². The molecule has 6 heteroatoms. The topological polar surface area (TPSA) is 98.1 Å². The standard InChI is InChI=1S/C21H17NO5/c1-13-8-9-14(10-19(13)21(26)27)20(25)22(15-4-2-6-17(23)11-15)16-5-3-7-18(24)12-16/h2-12,23-24H,1H3,(H,26,27). The smallest absolute Gasteiger partial charge is 0.335 e. The van der Waals surface area contributed by atoms with Crippen LogP contribution in [0.4, 0.5) is 11.4 Å². The van der Waals surface area contributed by atoms with Crippen LogP contribution in [-0.2, 0) is 0 Å². The second-order valence-electron chi connectivity index (χ2n) is 6.02. The molecule has 3 rings (SSSR count). The Morgan fingerprint density at radius 3 is 1.85 bits per heavy atom. The molecule has 0 radical (unpaired) electrons. The summed E-state index contributed by atoms with van der Waals surface area (Å²) < 4.78 is 0. The number of rotatable bonds is 4. The fourth-order valence-corrected chi connectivity index (χ4v) is 2.76. The fourth-order valence-electron chi connectivity index (χ4n) is 2.76. The van der Waals surface area contributed by atoms with Crippen molar-refractivity contribution in [2.45, 2.75) is 6.92 Å². The van der Waals surface area contributed by atoms with Crippen molar-refractivity contribution >= 4 is 23.3 Å². The second kappa shape index (κ2) is 7.21. The molecule has 27 heavy (non-hydrogen) atoms. The van der Waals surface area contributed by atoms with Crippen LogP contribution in [0.15, 0.2) is 66.7 Å². The first-order valence-corrected chi connectivity index (χ1v) is 8.13. The number of benzene rings is 3. The number of carbonyl (C=O) groups excluding carboxylic acids is 1. The Balaban J connectivity index is 2.15. The summed E-state index contributed by atoms with van der Waals surface area (Å²) in [4.78, 5) is 25.9. The predicted octanol–water partition coefficient (Wildman–Crippen LogP) is 4.08. The molecule has 0 atom stereocenters. The molecule has 0 aliphatic heterocycles. The molecular weight excluding hydrogens is 346 g/mol. The van der Waals surface area contributed by atoms with Gasteiger partial charge in [0.2, 0.25) is 0 Å². The van der Waals surface area contributed by atoms with Crippen LogP contribution in [0.2, 0.25) is 0 Å². The van der Waals surface area contributed by atoms with E-state index in [1.165, 1.54) is 35.2 Å². The predicted molar refractivity (Wildman–Crippen MR) is 101 cm³/mol. The van der Waals surface area contributed by atoms with E-state index >= 15 is 0 Å². The molecule has 6 nitrogen and oxygen atoms in total. The number of hydrogen-bond acceptors (Lipinski definition) is 4. The number of anilines is 2. The fraction of sp³-hybridized carbons (Fsp3) is 0.0476. The summed E-state index contributed by atoms with van der Waals surface area (Å²) in [6.07, 6.45) is 0. The molecule has 0 unspecified atom stereocenters. The van der Waals surface area contributed by atoms with Gasteiger partial charge in [-0.2, -0.15) is 0 Å². The number of amides is 1. The largest absolute Gasteiger partial charge is 0.508 e. The van der Waals surface area contributed by atoms with Gasteiger partial charge in [-0.3, -0.25) is 9.69 Å². The van der Waals surface area contributed by atoms with E-state index < -0.39 is 11.9 Å². The number of carboxylic acids is 1. The minimum atomic E-state index is -1.12. The Bertz CT molecular complexity index is 983. The van der Waals surface area contributed by atoms with E-state index in [1.54, 1.807) is 43.3 Å². The molecular formula is C21H17NO5. The van der Waals surface area contributed by atoms with E-state index in [9.17, 15) is 24.9 Å². The number of phenols is 2. The summed E-state index contributed by atoms with van der Waals surface area (Å²) in [6, 6.07) is 16.6. The van der Waals surface area contributed by atoms with Gasteiger partial charge in [-0.15, -0.1) is 0 Å². The number of carbonyl (C=O) groups is 2. The van der Waals surface area contributed by atoms with Gasteiger partial charge in [0, 0.05) is 17.7 Å². The van der Waals surface area contributed by atoms with Gasteiger partial charge < -0.3 is 15.3 Å². The number of aromatic hydroxyl groups is 2. The molecule has 0 saturated carbocycles. The first-order valence-electron chi connectivity index (χ1n) is 8.13. The lowest BCUT2D eigenvalue weighted by atomic mass is 10.0. The van der Waals surface area contributed by atoms with Crippen molar-refractivity contribution in [2.24, 2.45) is 0 Å². The Hall–Kier alpha value is -3.80. The second-order valence-corrected chi connectivity index (χ2v) is 6.02. The molecule has 0 heterocycles. The Labute approximate surface area is 155 Å². The molecule has 0 aliphatic carbocycles. The normalized spacial score (nSPS) is 10.4. The first kappa shape index (κ1) is 18.0. The summed E-state index contributed by atoms with van der Waals surface area (Å²) in [5.74, 6) is -1.67. The third-order valence-corrected chi connectivity index (χ3v) is 4.09. The van der Waals surface area contributed by atoms with E-state index in [-0.39, 0.29) is 22.6 Å². The van der Waals surface area contributed by atoms with Crippen LogP contribution in [0.25, 0.3) is 0 Å². The Morgan fingerprint density at radius 1 is 0.815 bits per heavy atom. The average molecular weight is 363 g/mol. The maximum absolute atomic E-state index is 13.2. The van der Waals surface area contributed by atoms with E-state index in [2.05, 4.69) is 0 Å². The van der Waals surface area contributed by atoms with Crippen LogP contribution in [0.5, 0.6) is 11.5 Å². The minimum absolute atomic E-state index is 0.0272. The first-order chi connectivity index (χ1) is 12.9. The highest BCUT2D eigenvalue weighted by molar-refractivity contribution is 6.12. The molecule has 136 valence electrons. The summed E-state index contributed by atoms with van der Waals surface area (Å²) in [5.41, 5.74) is 1.50. The molecule has 3 aromatic rings. The zero-order valence-electron chi connectivity index (χ0n) is 14.5. The SMILES string of the molecule is Cc1ccc(C(=O)N(c2cccc(O)c2)c2cccc(O)c2)cc1C(=O)O. The van der Waals surface area contributed by atoms with Gasteiger partial charge in [0.1, 0.15) is 11.5 Å². The molecule has 0 bridgehead atoms. The number of hydrogen-bond donors (Lipinski definition) is 3. The molecule has 0 aliphatic rings. The number of phenolic OH excluding ortho intramolecular Hbond substituents is 2. The quantitative estimate of drug-likeness (QED) is 0.649. The molecule has 1 amide bonds. The summed E-state index contributed by atoms with van der Waals surface area (Å²) in [7, 11) is 0. The highest BCUT2D eigenvalue weighted by Crippen LogP contribution is 2.32. The molecule has 0 saturated heterocycles. The van der Waals surface area contributed by atoms with E-state index in [0.29, 0.717) is 16.9 Å². The lowest BCUT2D eigenvalue weighted by Gasteiger charge is -2.24. The van der Waals surface area contributed by atoms with Crippen molar-refractivity contribution in [1.29, 1.82) is 0 Å². The van der Waals surface area contributed by atoms with E-state index in [4.69, 9.17) is 0 Å². The molecule has 0 aromatic heterocycles. The number of aromatic carboxylic acids is 1. The van der Waals surface area contributed by atoms with Gasteiger partial charge in [0.15, 0.2) is 0 Å².